The van der Waals surface area contributed by atoms with Gasteiger partial charge in [-0.1, -0.05) is 12.1 Å². The van der Waals surface area contributed by atoms with Crippen molar-refractivity contribution in [3.63, 3.8) is 0 Å². The largest absolute Gasteiger partial charge is 0.497 e. The van der Waals surface area contributed by atoms with Crippen LogP contribution in [-0.2, 0) is 13.6 Å². The third-order valence-corrected chi connectivity index (χ3v) is 3.09. The minimum Gasteiger partial charge on any atom is -0.497 e. The molecule has 1 aromatic heterocycles. The highest BCUT2D eigenvalue weighted by Crippen LogP contribution is 2.19. The first kappa shape index (κ1) is 13.4. The van der Waals surface area contributed by atoms with Gasteiger partial charge in [0.1, 0.15) is 12.1 Å². The fourth-order valence-electron chi connectivity index (χ4n) is 1.94. The molecule has 0 saturated carbocycles. The van der Waals surface area contributed by atoms with Crippen LogP contribution in [0.1, 0.15) is 11.6 Å². The summed E-state index contributed by atoms with van der Waals surface area (Å²) in [6, 6.07) is 7.78. The van der Waals surface area contributed by atoms with Crippen molar-refractivity contribution >= 4 is 0 Å². The molecule has 2 aromatic rings. The minimum absolute atomic E-state index is 0.00250. The number of ether oxygens (including phenoxy) is 1. The summed E-state index contributed by atoms with van der Waals surface area (Å²) >= 11 is 0. The van der Waals surface area contributed by atoms with E-state index in [2.05, 4.69) is 10.4 Å². The SMILES string of the molecule is CNC(Cn1ncn(C)c1=O)c1cccc(OC)c1. The zero-order chi connectivity index (χ0) is 13.8. The van der Waals surface area contributed by atoms with Gasteiger partial charge in [-0.15, -0.1) is 0 Å². The molecular formula is C13H18N4O2. The lowest BCUT2D eigenvalue weighted by Gasteiger charge is -2.16. The highest BCUT2D eigenvalue weighted by molar-refractivity contribution is 5.30. The van der Waals surface area contributed by atoms with Crippen molar-refractivity contribution in [2.45, 2.75) is 12.6 Å². The zero-order valence-corrected chi connectivity index (χ0v) is 11.3. The van der Waals surface area contributed by atoms with E-state index in [0.717, 1.165) is 11.3 Å². The molecule has 19 heavy (non-hydrogen) atoms. The second kappa shape index (κ2) is 5.71. The number of nitrogens with zero attached hydrogens (tertiary/aromatic N) is 3. The Kier molecular flexibility index (Phi) is 4.01. The zero-order valence-electron chi connectivity index (χ0n) is 11.3. The molecule has 1 aromatic carbocycles. The Labute approximate surface area is 111 Å². The van der Waals surface area contributed by atoms with E-state index in [9.17, 15) is 4.79 Å². The van der Waals surface area contributed by atoms with Crippen LogP contribution in [0.4, 0.5) is 0 Å². The van der Waals surface area contributed by atoms with E-state index in [1.807, 2.05) is 31.3 Å². The van der Waals surface area contributed by atoms with Gasteiger partial charge < -0.3 is 10.1 Å². The molecule has 0 amide bonds. The molecule has 6 nitrogen and oxygen atoms in total. The molecule has 0 aliphatic carbocycles. The molecule has 0 fully saturated rings. The van der Waals surface area contributed by atoms with Crippen LogP contribution >= 0.6 is 0 Å². The van der Waals surface area contributed by atoms with Crippen LogP contribution in [0.3, 0.4) is 0 Å². The first-order chi connectivity index (χ1) is 9.15. The second-order valence-corrected chi connectivity index (χ2v) is 4.32. The normalized spacial score (nSPS) is 12.4. The van der Waals surface area contributed by atoms with Gasteiger partial charge in [0, 0.05) is 7.05 Å². The first-order valence-corrected chi connectivity index (χ1v) is 6.05. The van der Waals surface area contributed by atoms with Crippen molar-refractivity contribution in [1.82, 2.24) is 19.7 Å². The fourth-order valence-corrected chi connectivity index (χ4v) is 1.94. The topological polar surface area (TPSA) is 61.1 Å². The molecule has 0 spiro atoms. The number of methoxy groups -OCH3 is 1. The smallest absolute Gasteiger partial charge is 0.345 e. The van der Waals surface area contributed by atoms with E-state index in [4.69, 9.17) is 4.74 Å². The van der Waals surface area contributed by atoms with Gasteiger partial charge in [0.15, 0.2) is 0 Å². The molecule has 1 unspecified atom stereocenters. The van der Waals surface area contributed by atoms with Crippen LogP contribution in [0.25, 0.3) is 0 Å². The summed E-state index contributed by atoms with van der Waals surface area (Å²) in [6.45, 7) is 0.476. The molecule has 1 N–H and O–H groups in total. The lowest BCUT2D eigenvalue weighted by molar-refractivity contribution is 0.410. The van der Waals surface area contributed by atoms with Crippen molar-refractivity contribution in [1.29, 1.82) is 0 Å². The van der Waals surface area contributed by atoms with Gasteiger partial charge in [-0.25, -0.2) is 9.48 Å². The fraction of sp³-hybridized carbons (Fsp3) is 0.385. The number of likely N-dealkylation sites (N-methyl/N-ethyl adjacent to an activating group) is 1. The Morgan fingerprint density at radius 1 is 1.47 bits per heavy atom. The molecule has 1 atom stereocenters. The van der Waals surface area contributed by atoms with Crippen LogP contribution in [0, 0.1) is 0 Å². The van der Waals surface area contributed by atoms with Gasteiger partial charge in [-0.05, 0) is 24.7 Å². The molecule has 102 valence electrons. The average Bonchev–Trinajstić information content (AvgIpc) is 2.76. The van der Waals surface area contributed by atoms with Crippen LogP contribution in [0.2, 0.25) is 0 Å². The maximum absolute atomic E-state index is 11.8. The van der Waals surface area contributed by atoms with Crippen LogP contribution in [0.15, 0.2) is 35.4 Å². The minimum atomic E-state index is -0.122. The number of aryl methyl sites for hydroxylation is 1. The van der Waals surface area contributed by atoms with Crippen molar-refractivity contribution in [2.24, 2.45) is 7.05 Å². The number of hydrogen-bond acceptors (Lipinski definition) is 4. The maximum Gasteiger partial charge on any atom is 0.345 e. The van der Waals surface area contributed by atoms with E-state index < -0.39 is 0 Å². The molecule has 0 aliphatic heterocycles. The number of aromatic nitrogens is 3. The standard InChI is InChI=1S/C13H18N4O2/c1-14-12(8-17-13(18)16(2)9-15-17)10-5-4-6-11(7-10)19-3/h4-7,9,12,14H,8H2,1-3H3. The quantitative estimate of drug-likeness (QED) is 0.855. The Morgan fingerprint density at radius 3 is 2.84 bits per heavy atom. The van der Waals surface area contributed by atoms with E-state index in [1.54, 1.807) is 14.2 Å². The highest BCUT2D eigenvalue weighted by Gasteiger charge is 2.13. The van der Waals surface area contributed by atoms with Crippen molar-refractivity contribution < 1.29 is 4.74 Å². The van der Waals surface area contributed by atoms with Crippen LogP contribution in [-0.4, -0.2) is 28.5 Å². The summed E-state index contributed by atoms with van der Waals surface area (Å²) in [5.74, 6) is 0.797. The van der Waals surface area contributed by atoms with Crippen LogP contribution in [0.5, 0.6) is 5.75 Å². The second-order valence-electron chi connectivity index (χ2n) is 4.32. The predicted molar refractivity (Wildman–Crippen MR) is 72.3 cm³/mol. The van der Waals surface area contributed by atoms with Gasteiger partial charge in [0.25, 0.3) is 0 Å². The van der Waals surface area contributed by atoms with E-state index in [0.29, 0.717) is 6.54 Å². The van der Waals surface area contributed by atoms with E-state index in [-0.39, 0.29) is 11.7 Å². The highest BCUT2D eigenvalue weighted by atomic mass is 16.5. The van der Waals surface area contributed by atoms with E-state index in [1.165, 1.54) is 15.6 Å². The molecule has 2 rings (SSSR count). The summed E-state index contributed by atoms with van der Waals surface area (Å²) in [5, 5.41) is 7.26. The van der Waals surface area contributed by atoms with Gasteiger partial charge in [-0.2, -0.15) is 5.10 Å². The lowest BCUT2D eigenvalue weighted by atomic mass is 10.1. The number of rotatable bonds is 5. The monoisotopic (exact) mass is 262 g/mol. The summed E-state index contributed by atoms with van der Waals surface area (Å²) in [7, 11) is 5.18. The Bertz CT molecular complexity index is 603. The number of nitrogens with one attached hydrogen (secondary N) is 1. The predicted octanol–water partition coefficient (Wildman–Crippen LogP) is 0.551. The average molecular weight is 262 g/mol. The molecule has 0 bridgehead atoms. The Hall–Kier alpha value is -2.08. The maximum atomic E-state index is 11.8. The van der Waals surface area contributed by atoms with Gasteiger partial charge in [0.2, 0.25) is 0 Å². The summed E-state index contributed by atoms with van der Waals surface area (Å²) < 4.78 is 8.11. The van der Waals surface area contributed by atoms with Gasteiger partial charge in [0.05, 0.1) is 19.7 Å². The van der Waals surface area contributed by atoms with Crippen molar-refractivity contribution in [2.75, 3.05) is 14.2 Å². The molecule has 0 saturated heterocycles. The third-order valence-electron chi connectivity index (χ3n) is 3.09. The Morgan fingerprint density at radius 2 is 2.26 bits per heavy atom. The summed E-state index contributed by atoms with van der Waals surface area (Å²) in [6.07, 6.45) is 1.51. The first-order valence-electron chi connectivity index (χ1n) is 6.05. The summed E-state index contributed by atoms with van der Waals surface area (Å²) in [5.41, 5.74) is 0.933. The molecular weight excluding hydrogens is 244 g/mol. The molecule has 1 heterocycles. The number of hydrogen-bond donors (Lipinski definition) is 1. The van der Waals surface area contributed by atoms with Crippen molar-refractivity contribution in [3.05, 3.63) is 46.6 Å². The van der Waals surface area contributed by atoms with Crippen LogP contribution < -0.4 is 15.7 Å². The Balaban J connectivity index is 2.24. The lowest BCUT2D eigenvalue weighted by Crippen LogP contribution is -2.30. The van der Waals surface area contributed by atoms with Gasteiger partial charge >= 0.3 is 5.69 Å². The molecule has 6 heteroatoms. The van der Waals surface area contributed by atoms with Gasteiger partial charge in [-0.3, -0.25) is 4.57 Å². The number of benzene rings is 1. The van der Waals surface area contributed by atoms with E-state index >= 15 is 0 Å². The third kappa shape index (κ3) is 2.85. The summed E-state index contributed by atoms with van der Waals surface area (Å²) in [4.78, 5) is 11.8. The molecule has 0 radical (unpaired) electrons. The van der Waals surface area contributed by atoms with Crippen molar-refractivity contribution in [3.8, 4) is 5.75 Å². The molecule has 0 aliphatic rings.